The number of unbranched alkanes of at least 4 members (excludes halogenated alkanes) is 36. The van der Waals surface area contributed by atoms with Crippen LogP contribution < -0.4 is 0 Å². The fourth-order valence-corrected chi connectivity index (χ4v) is 9.47. The van der Waals surface area contributed by atoms with Crippen molar-refractivity contribution in [2.24, 2.45) is 17.8 Å². The zero-order valence-electron chi connectivity index (χ0n) is 46.9. The fourth-order valence-electron chi connectivity index (χ4n) is 9.47. The zero-order valence-corrected chi connectivity index (χ0v) is 46.9. The van der Waals surface area contributed by atoms with Gasteiger partial charge in [0, 0.05) is 19.3 Å². The molecule has 0 N–H and O–H groups in total. The molecule has 68 heavy (non-hydrogen) atoms. The highest BCUT2D eigenvalue weighted by molar-refractivity contribution is 5.71. The van der Waals surface area contributed by atoms with Crippen molar-refractivity contribution >= 4 is 17.9 Å². The lowest BCUT2D eigenvalue weighted by Crippen LogP contribution is -2.30. The Morgan fingerprint density at radius 3 is 0.765 bits per heavy atom. The third-order valence-corrected chi connectivity index (χ3v) is 14.9. The lowest BCUT2D eigenvalue weighted by Gasteiger charge is -2.18. The van der Waals surface area contributed by atoms with E-state index in [1.54, 1.807) is 0 Å². The van der Waals surface area contributed by atoms with Crippen LogP contribution in [0.3, 0.4) is 0 Å². The number of hydrogen-bond acceptors (Lipinski definition) is 6. The minimum Gasteiger partial charge on any atom is -0.462 e. The van der Waals surface area contributed by atoms with Crippen molar-refractivity contribution in [3.05, 3.63) is 0 Å². The fraction of sp³-hybridized carbons (Fsp3) is 0.952. The van der Waals surface area contributed by atoms with Crippen LogP contribution >= 0.6 is 0 Å². The highest BCUT2D eigenvalue weighted by Gasteiger charge is 2.19. The molecule has 0 saturated carbocycles. The average molecular weight is 962 g/mol. The molecule has 0 aromatic heterocycles. The van der Waals surface area contributed by atoms with Crippen LogP contribution in [0.25, 0.3) is 0 Å². The van der Waals surface area contributed by atoms with E-state index in [-0.39, 0.29) is 31.1 Å². The van der Waals surface area contributed by atoms with E-state index in [2.05, 4.69) is 41.5 Å². The van der Waals surface area contributed by atoms with Gasteiger partial charge in [-0.25, -0.2) is 0 Å². The van der Waals surface area contributed by atoms with Crippen LogP contribution in [-0.4, -0.2) is 37.2 Å². The largest absolute Gasteiger partial charge is 0.462 e. The molecular weight excluding hydrogens is 841 g/mol. The van der Waals surface area contributed by atoms with Gasteiger partial charge in [-0.1, -0.05) is 305 Å². The van der Waals surface area contributed by atoms with Crippen LogP contribution in [0.2, 0.25) is 0 Å². The summed E-state index contributed by atoms with van der Waals surface area (Å²) < 4.78 is 16.9. The van der Waals surface area contributed by atoms with Gasteiger partial charge in [0.1, 0.15) is 13.2 Å². The van der Waals surface area contributed by atoms with Gasteiger partial charge in [-0.05, 0) is 37.0 Å². The first-order valence-corrected chi connectivity index (χ1v) is 30.7. The van der Waals surface area contributed by atoms with Crippen LogP contribution in [0.5, 0.6) is 0 Å². The Labute approximate surface area is 425 Å². The normalized spacial score (nSPS) is 12.9. The molecule has 0 spiro atoms. The van der Waals surface area contributed by atoms with Crippen LogP contribution in [0.15, 0.2) is 0 Å². The molecule has 0 aliphatic heterocycles. The predicted octanol–water partition coefficient (Wildman–Crippen LogP) is 20.3. The van der Waals surface area contributed by atoms with Crippen LogP contribution in [-0.2, 0) is 28.6 Å². The molecular formula is C62H120O6. The number of carbonyl (C=O) groups excluding carboxylic acids is 3. The van der Waals surface area contributed by atoms with E-state index in [0.29, 0.717) is 19.3 Å². The van der Waals surface area contributed by atoms with Gasteiger partial charge in [-0.2, -0.15) is 0 Å². The van der Waals surface area contributed by atoms with Gasteiger partial charge in [-0.15, -0.1) is 0 Å². The number of carbonyl (C=O) groups is 3. The van der Waals surface area contributed by atoms with Crippen molar-refractivity contribution in [1.29, 1.82) is 0 Å². The summed E-state index contributed by atoms with van der Waals surface area (Å²) in [6.45, 7) is 13.8. The van der Waals surface area contributed by atoms with Gasteiger partial charge >= 0.3 is 17.9 Å². The first kappa shape index (κ1) is 66.4. The van der Waals surface area contributed by atoms with Crippen molar-refractivity contribution in [3.8, 4) is 0 Å². The number of ether oxygens (including phenoxy) is 3. The molecule has 3 atom stereocenters. The van der Waals surface area contributed by atoms with Crippen molar-refractivity contribution in [3.63, 3.8) is 0 Å². The van der Waals surface area contributed by atoms with E-state index >= 15 is 0 Å². The maximum Gasteiger partial charge on any atom is 0.306 e. The second-order valence-electron chi connectivity index (χ2n) is 22.3. The minimum absolute atomic E-state index is 0.0639. The summed E-state index contributed by atoms with van der Waals surface area (Å²) >= 11 is 0. The smallest absolute Gasteiger partial charge is 0.306 e. The molecule has 0 bridgehead atoms. The summed E-state index contributed by atoms with van der Waals surface area (Å²) in [5.74, 6) is 1.73. The van der Waals surface area contributed by atoms with Gasteiger partial charge in [-0.3, -0.25) is 14.4 Å². The SMILES string of the molecule is CCC(C)CCCCCCCCCCCCCCCCCCCCC(=O)O[C@@H](COC(=O)CCCCCCCCCCCCCCCCCC(C)C)COC(=O)CCCCCCCCC(C)CC. The standard InChI is InChI=1S/C62H120O6/c1-7-57(5)49-43-37-31-27-23-19-15-11-9-10-12-16-21-25-29-33-41-47-53-62(65)68-59(55-67-61(64)52-46-40-35-34-38-44-50-58(6)8-2)54-66-60(63)51-45-39-32-28-24-20-17-13-14-18-22-26-30-36-42-48-56(3)4/h56-59H,7-55H2,1-6H3/t57?,58?,59-/m0/s1. The molecule has 404 valence electrons. The number of hydrogen-bond donors (Lipinski definition) is 0. The zero-order chi connectivity index (χ0) is 49.8. The first-order valence-electron chi connectivity index (χ1n) is 30.7. The van der Waals surface area contributed by atoms with E-state index in [0.717, 1.165) is 75.5 Å². The summed E-state index contributed by atoms with van der Waals surface area (Å²) in [5.41, 5.74) is 0. The predicted molar refractivity (Wildman–Crippen MR) is 293 cm³/mol. The Morgan fingerprint density at radius 1 is 0.294 bits per heavy atom. The van der Waals surface area contributed by atoms with Crippen LogP contribution in [0.1, 0.15) is 343 Å². The summed E-state index contributed by atoms with van der Waals surface area (Å²) in [5, 5.41) is 0. The second kappa shape index (κ2) is 53.2. The van der Waals surface area contributed by atoms with Crippen LogP contribution in [0, 0.1) is 17.8 Å². The Morgan fingerprint density at radius 2 is 0.515 bits per heavy atom. The van der Waals surface area contributed by atoms with E-state index in [1.807, 2.05) is 0 Å². The van der Waals surface area contributed by atoms with E-state index in [1.165, 1.54) is 225 Å². The molecule has 0 aromatic carbocycles. The molecule has 0 heterocycles. The van der Waals surface area contributed by atoms with E-state index in [9.17, 15) is 14.4 Å². The third kappa shape index (κ3) is 52.2. The van der Waals surface area contributed by atoms with Gasteiger partial charge in [0.2, 0.25) is 0 Å². The van der Waals surface area contributed by atoms with E-state index < -0.39 is 6.10 Å². The molecule has 0 aromatic rings. The van der Waals surface area contributed by atoms with Crippen molar-refractivity contribution in [2.75, 3.05) is 13.2 Å². The molecule has 0 radical (unpaired) electrons. The molecule has 0 amide bonds. The summed E-state index contributed by atoms with van der Waals surface area (Å²) in [6, 6.07) is 0. The molecule has 0 aliphatic carbocycles. The third-order valence-electron chi connectivity index (χ3n) is 14.9. The van der Waals surface area contributed by atoms with Gasteiger partial charge in [0.05, 0.1) is 0 Å². The summed E-state index contributed by atoms with van der Waals surface area (Å²) in [4.78, 5) is 38.2. The van der Waals surface area contributed by atoms with Gasteiger partial charge in [0.15, 0.2) is 6.10 Å². The highest BCUT2D eigenvalue weighted by Crippen LogP contribution is 2.19. The molecule has 6 nitrogen and oxygen atoms in total. The lowest BCUT2D eigenvalue weighted by atomic mass is 9.99. The topological polar surface area (TPSA) is 78.9 Å². The Hall–Kier alpha value is -1.59. The molecule has 0 aliphatic rings. The maximum atomic E-state index is 12.9. The quantitative estimate of drug-likeness (QED) is 0.0343. The summed E-state index contributed by atoms with van der Waals surface area (Å²) in [7, 11) is 0. The van der Waals surface area contributed by atoms with Gasteiger partial charge in [0.25, 0.3) is 0 Å². The Kier molecular flexibility index (Phi) is 52.0. The minimum atomic E-state index is -0.764. The lowest BCUT2D eigenvalue weighted by molar-refractivity contribution is -0.167. The molecule has 0 rings (SSSR count). The number of rotatable bonds is 55. The number of esters is 3. The van der Waals surface area contributed by atoms with Crippen LogP contribution in [0.4, 0.5) is 0 Å². The van der Waals surface area contributed by atoms with Gasteiger partial charge < -0.3 is 14.2 Å². The van der Waals surface area contributed by atoms with Crippen molar-refractivity contribution in [1.82, 2.24) is 0 Å². The monoisotopic (exact) mass is 961 g/mol. The summed E-state index contributed by atoms with van der Waals surface area (Å²) in [6.07, 6.45) is 56.7. The highest BCUT2D eigenvalue weighted by atomic mass is 16.6. The second-order valence-corrected chi connectivity index (χ2v) is 22.3. The first-order chi connectivity index (χ1) is 33.2. The van der Waals surface area contributed by atoms with Crippen molar-refractivity contribution < 1.29 is 28.6 Å². The molecule has 0 saturated heterocycles. The van der Waals surface area contributed by atoms with Crippen molar-refractivity contribution in [2.45, 2.75) is 349 Å². The Balaban J connectivity index is 4.21. The average Bonchev–Trinajstić information content (AvgIpc) is 3.33. The maximum absolute atomic E-state index is 12.9. The molecule has 2 unspecified atom stereocenters. The molecule has 6 heteroatoms. The van der Waals surface area contributed by atoms with E-state index in [4.69, 9.17) is 14.2 Å². The Bertz CT molecular complexity index is 1060. The molecule has 0 fully saturated rings.